The van der Waals surface area contributed by atoms with E-state index in [0.29, 0.717) is 11.3 Å². The third kappa shape index (κ3) is 3.75. The zero-order chi connectivity index (χ0) is 19.3. The van der Waals surface area contributed by atoms with Gasteiger partial charge in [-0.3, -0.25) is 9.78 Å². The van der Waals surface area contributed by atoms with E-state index < -0.39 is 6.10 Å². The molecule has 0 aliphatic rings. The molecule has 2 aromatic heterocycles. The number of hydrogen-bond donors (Lipinski definition) is 2. The third-order valence-electron chi connectivity index (χ3n) is 4.58. The normalized spacial score (nSPS) is 11.9. The molecule has 0 aliphatic heterocycles. The van der Waals surface area contributed by atoms with Crippen LogP contribution in [-0.2, 0) is 0 Å². The highest BCUT2D eigenvalue weighted by Gasteiger charge is 2.15. The fourth-order valence-corrected chi connectivity index (χ4v) is 3.11. The van der Waals surface area contributed by atoms with Crippen LogP contribution in [0.15, 0.2) is 85.2 Å². The van der Waals surface area contributed by atoms with Gasteiger partial charge in [0.1, 0.15) is 0 Å². The van der Waals surface area contributed by atoms with Crippen molar-refractivity contribution in [2.24, 2.45) is 0 Å². The zero-order valence-electron chi connectivity index (χ0n) is 15.1. The van der Waals surface area contributed by atoms with E-state index in [2.05, 4.69) is 15.3 Å². The van der Waals surface area contributed by atoms with Crippen LogP contribution in [0.5, 0.6) is 0 Å². The van der Waals surface area contributed by atoms with E-state index in [4.69, 9.17) is 0 Å². The van der Waals surface area contributed by atoms with E-state index in [1.807, 2.05) is 66.7 Å². The number of nitrogens with one attached hydrogen (secondary N) is 1. The van der Waals surface area contributed by atoms with E-state index in [9.17, 15) is 9.90 Å². The predicted octanol–water partition coefficient (Wildman–Crippen LogP) is 3.76. The van der Waals surface area contributed by atoms with Crippen LogP contribution in [0, 0.1) is 0 Å². The zero-order valence-corrected chi connectivity index (χ0v) is 15.1. The number of para-hydroxylation sites is 1. The van der Waals surface area contributed by atoms with E-state index in [0.717, 1.165) is 22.0 Å². The number of rotatable bonds is 5. The van der Waals surface area contributed by atoms with Gasteiger partial charge in [-0.25, -0.2) is 4.98 Å². The number of amides is 1. The predicted molar refractivity (Wildman–Crippen MR) is 109 cm³/mol. The average Bonchev–Trinajstić information content (AvgIpc) is 2.77. The summed E-state index contributed by atoms with van der Waals surface area (Å²) in [6, 6.07) is 22.3. The molecular weight excluding hydrogens is 350 g/mol. The number of aliphatic hydroxyl groups is 1. The average molecular weight is 369 g/mol. The molecule has 4 rings (SSSR count). The SMILES string of the molecule is O=C(NCC(O)c1ccccc1)c1cc(-c2ccncc2)nc2ccccc12. The molecule has 28 heavy (non-hydrogen) atoms. The van der Waals surface area contributed by atoms with Crippen LogP contribution in [0.4, 0.5) is 0 Å². The Morgan fingerprint density at radius 1 is 0.964 bits per heavy atom. The molecule has 5 heteroatoms. The first kappa shape index (κ1) is 17.8. The Kier molecular flexibility index (Phi) is 5.08. The number of aliphatic hydroxyl groups excluding tert-OH is 1. The van der Waals surface area contributed by atoms with Gasteiger partial charge < -0.3 is 10.4 Å². The van der Waals surface area contributed by atoms with Gasteiger partial charge in [0, 0.05) is 29.9 Å². The van der Waals surface area contributed by atoms with Gasteiger partial charge in [-0.15, -0.1) is 0 Å². The monoisotopic (exact) mass is 369 g/mol. The van der Waals surface area contributed by atoms with Gasteiger partial charge in [-0.1, -0.05) is 48.5 Å². The molecule has 4 aromatic rings. The van der Waals surface area contributed by atoms with E-state index >= 15 is 0 Å². The van der Waals surface area contributed by atoms with E-state index in [1.54, 1.807) is 18.5 Å². The smallest absolute Gasteiger partial charge is 0.252 e. The molecule has 0 fully saturated rings. The fourth-order valence-electron chi connectivity index (χ4n) is 3.11. The molecule has 0 aliphatic carbocycles. The molecule has 0 radical (unpaired) electrons. The molecule has 0 spiro atoms. The maximum absolute atomic E-state index is 12.9. The number of nitrogens with zero attached hydrogens (tertiary/aromatic N) is 2. The minimum atomic E-state index is -0.766. The van der Waals surface area contributed by atoms with Gasteiger partial charge >= 0.3 is 0 Å². The largest absolute Gasteiger partial charge is 0.387 e. The van der Waals surface area contributed by atoms with Crippen molar-refractivity contribution in [2.75, 3.05) is 6.54 Å². The van der Waals surface area contributed by atoms with Crippen molar-refractivity contribution in [2.45, 2.75) is 6.10 Å². The number of carbonyl (C=O) groups is 1. The highest BCUT2D eigenvalue weighted by Crippen LogP contribution is 2.24. The molecule has 1 amide bonds. The van der Waals surface area contributed by atoms with Crippen molar-refractivity contribution in [3.8, 4) is 11.3 Å². The molecule has 2 heterocycles. The third-order valence-corrected chi connectivity index (χ3v) is 4.58. The van der Waals surface area contributed by atoms with Gasteiger partial charge in [0.15, 0.2) is 0 Å². The lowest BCUT2D eigenvalue weighted by Crippen LogP contribution is -2.28. The molecule has 138 valence electrons. The molecular formula is C23H19N3O2. The molecule has 0 saturated carbocycles. The standard InChI is InChI=1S/C23H19N3O2/c27-22(17-6-2-1-3-7-17)15-25-23(28)19-14-21(16-10-12-24-13-11-16)26-20-9-5-4-8-18(19)20/h1-14,22,27H,15H2,(H,25,28). The first-order chi connectivity index (χ1) is 13.7. The Morgan fingerprint density at radius 2 is 1.68 bits per heavy atom. The minimum Gasteiger partial charge on any atom is -0.387 e. The van der Waals surface area contributed by atoms with Crippen molar-refractivity contribution >= 4 is 16.8 Å². The van der Waals surface area contributed by atoms with Gasteiger partial charge in [-0.05, 0) is 29.8 Å². The molecule has 1 atom stereocenters. The van der Waals surface area contributed by atoms with Crippen molar-refractivity contribution in [1.82, 2.24) is 15.3 Å². The number of carbonyl (C=O) groups excluding carboxylic acids is 1. The number of hydrogen-bond acceptors (Lipinski definition) is 4. The Balaban J connectivity index is 1.64. The summed E-state index contributed by atoms with van der Waals surface area (Å²) < 4.78 is 0. The summed E-state index contributed by atoms with van der Waals surface area (Å²) in [6.07, 6.45) is 2.63. The molecule has 5 nitrogen and oxygen atoms in total. The Bertz CT molecular complexity index is 1100. The van der Waals surface area contributed by atoms with Crippen LogP contribution >= 0.6 is 0 Å². The molecule has 2 N–H and O–H groups in total. The van der Waals surface area contributed by atoms with Crippen LogP contribution in [0.1, 0.15) is 22.0 Å². The van der Waals surface area contributed by atoms with Gasteiger partial charge in [0.05, 0.1) is 22.9 Å². The summed E-state index contributed by atoms with van der Waals surface area (Å²) in [6.45, 7) is 0.129. The van der Waals surface area contributed by atoms with Crippen LogP contribution in [0.25, 0.3) is 22.2 Å². The fraction of sp³-hybridized carbons (Fsp3) is 0.0870. The quantitative estimate of drug-likeness (QED) is 0.562. The summed E-state index contributed by atoms with van der Waals surface area (Å²) in [7, 11) is 0. The maximum atomic E-state index is 12.9. The van der Waals surface area contributed by atoms with Crippen molar-refractivity contribution in [3.63, 3.8) is 0 Å². The Morgan fingerprint density at radius 3 is 2.46 bits per heavy atom. The van der Waals surface area contributed by atoms with E-state index in [-0.39, 0.29) is 12.5 Å². The summed E-state index contributed by atoms with van der Waals surface area (Å²) in [4.78, 5) is 21.6. The topological polar surface area (TPSA) is 75.1 Å². The van der Waals surface area contributed by atoms with Crippen LogP contribution in [-0.4, -0.2) is 27.5 Å². The Hall–Kier alpha value is -3.57. The number of benzene rings is 2. The van der Waals surface area contributed by atoms with Crippen molar-refractivity contribution < 1.29 is 9.90 Å². The van der Waals surface area contributed by atoms with Gasteiger partial charge in [0.2, 0.25) is 0 Å². The molecule has 0 saturated heterocycles. The molecule has 2 aromatic carbocycles. The second-order valence-electron chi connectivity index (χ2n) is 6.44. The maximum Gasteiger partial charge on any atom is 0.252 e. The first-order valence-electron chi connectivity index (χ1n) is 9.04. The minimum absolute atomic E-state index is 0.129. The second kappa shape index (κ2) is 7.98. The molecule has 0 bridgehead atoms. The number of aromatic nitrogens is 2. The van der Waals surface area contributed by atoms with Gasteiger partial charge in [0.25, 0.3) is 5.91 Å². The lowest BCUT2D eigenvalue weighted by atomic mass is 10.0. The second-order valence-corrected chi connectivity index (χ2v) is 6.44. The van der Waals surface area contributed by atoms with Crippen molar-refractivity contribution in [1.29, 1.82) is 0 Å². The van der Waals surface area contributed by atoms with Crippen molar-refractivity contribution in [3.05, 3.63) is 96.3 Å². The summed E-state index contributed by atoms with van der Waals surface area (Å²) in [5.41, 5.74) is 3.62. The highest BCUT2D eigenvalue weighted by atomic mass is 16.3. The van der Waals surface area contributed by atoms with E-state index in [1.165, 1.54) is 0 Å². The summed E-state index contributed by atoms with van der Waals surface area (Å²) in [5.74, 6) is -0.246. The van der Waals surface area contributed by atoms with Crippen LogP contribution < -0.4 is 5.32 Å². The Labute approximate surface area is 162 Å². The lowest BCUT2D eigenvalue weighted by Gasteiger charge is -2.14. The van der Waals surface area contributed by atoms with Crippen LogP contribution in [0.3, 0.4) is 0 Å². The number of fused-ring (bicyclic) bond motifs is 1. The lowest BCUT2D eigenvalue weighted by molar-refractivity contribution is 0.0918. The summed E-state index contributed by atoms with van der Waals surface area (Å²) >= 11 is 0. The summed E-state index contributed by atoms with van der Waals surface area (Å²) in [5, 5.41) is 13.9. The van der Waals surface area contributed by atoms with Gasteiger partial charge in [-0.2, -0.15) is 0 Å². The highest BCUT2D eigenvalue weighted by molar-refractivity contribution is 6.07. The first-order valence-corrected chi connectivity index (χ1v) is 9.04. The van der Waals surface area contributed by atoms with Crippen LogP contribution in [0.2, 0.25) is 0 Å². The molecule has 1 unspecified atom stereocenters. The number of pyridine rings is 2.